The third-order valence-corrected chi connectivity index (χ3v) is 2.21. The van der Waals surface area contributed by atoms with Crippen LogP contribution in [-0.2, 0) is 6.61 Å². The van der Waals surface area contributed by atoms with E-state index in [1.165, 1.54) is 12.1 Å². The quantitative estimate of drug-likeness (QED) is 0.874. The fourth-order valence-electron chi connectivity index (χ4n) is 1.37. The van der Waals surface area contributed by atoms with E-state index in [1.54, 1.807) is 24.5 Å². The summed E-state index contributed by atoms with van der Waals surface area (Å²) in [4.78, 5) is 14.7. The van der Waals surface area contributed by atoms with Crippen LogP contribution in [0.25, 0.3) is 0 Å². The van der Waals surface area contributed by atoms with Crippen LogP contribution in [-0.4, -0.2) is 16.1 Å². The normalized spacial score (nSPS) is 9.88. The Morgan fingerprint density at radius 3 is 2.88 bits per heavy atom. The molecule has 0 saturated heterocycles. The van der Waals surface area contributed by atoms with Crippen molar-refractivity contribution in [2.24, 2.45) is 0 Å². The van der Waals surface area contributed by atoms with Crippen LogP contribution in [0, 0.1) is 0 Å². The molecular weight excluding hydrogens is 218 g/mol. The number of carboxylic acids is 1. The number of pyridine rings is 1. The number of ether oxygens (including phenoxy) is 1. The highest BCUT2D eigenvalue weighted by Crippen LogP contribution is 2.14. The minimum absolute atomic E-state index is 0.216. The van der Waals surface area contributed by atoms with Crippen molar-refractivity contribution in [3.8, 4) is 5.75 Å². The highest BCUT2D eigenvalue weighted by Gasteiger charge is 2.03. The first-order valence-corrected chi connectivity index (χ1v) is 5.11. The van der Waals surface area contributed by atoms with Crippen LogP contribution in [0.3, 0.4) is 0 Å². The van der Waals surface area contributed by atoms with Gasteiger partial charge in [-0.15, -0.1) is 0 Å². The molecule has 1 heterocycles. The highest BCUT2D eigenvalue weighted by molar-refractivity contribution is 5.87. The zero-order chi connectivity index (χ0) is 12.1. The van der Waals surface area contributed by atoms with Gasteiger partial charge < -0.3 is 9.84 Å². The molecule has 1 aromatic heterocycles. The van der Waals surface area contributed by atoms with E-state index >= 15 is 0 Å². The number of benzene rings is 1. The van der Waals surface area contributed by atoms with Crippen LogP contribution < -0.4 is 4.74 Å². The summed E-state index contributed by atoms with van der Waals surface area (Å²) in [5.74, 6) is -0.425. The second kappa shape index (κ2) is 5.12. The van der Waals surface area contributed by atoms with Crippen molar-refractivity contribution in [3.05, 3.63) is 59.9 Å². The SMILES string of the molecule is O=C(O)c1cccc(OCc2cccnc2)c1. The highest BCUT2D eigenvalue weighted by atomic mass is 16.5. The summed E-state index contributed by atoms with van der Waals surface area (Å²) < 4.78 is 5.48. The van der Waals surface area contributed by atoms with Crippen LogP contribution in [0.15, 0.2) is 48.8 Å². The molecule has 0 aliphatic carbocycles. The average molecular weight is 229 g/mol. The summed E-state index contributed by atoms with van der Waals surface area (Å²) in [6.07, 6.45) is 3.40. The predicted molar refractivity (Wildman–Crippen MR) is 62.0 cm³/mol. The second-order valence-corrected chi connectivity index (χ2v) is 3.48. The third-order valence-electron chi connectivity index (χ3n) is 2.21. The zero-order valence-electron chi connectivity index (χ0n) is 9.04. The maximum absolute atomic E-state index is 10.8. The lowest BCUT2D eigenvalue weighted by Crippen LogP contribution is -1.99. The van der Waals surface area contributed by atoms with Crippen molar-refractivity contribution in [1.29, 1.82) is 0 Å². The van der Waals surface area contributed by atoms with E-state index in [2.05, 4.69) is 4.98 Å². The van der Waals surface area contributed by atoms with E-state index in [0.717, 1.165) is 5.56 Å². The molecule has 0 atom stereocenters. The number of nitrogens with zero attached hydrogens (tertiary/aromatic N) is 1. The Morgan fingerprint density at radius 2 is 2.18 bits per heavy atom. The van der Waals surface area contributed by atoms with Gasteiger partial charge in [0.1, 0.15) is 12.4 Å². The van der Waals surface area contributed by atoms with E-state index in [-0.39, 0.29) is 5.56 Å². The number of aromatic carboxylic acids is 1. The standard InChI is InChI=1S/C13H11NO3/c15-13(16)11-4-1-5-12(7-11)17-9-10-3-2-6-14-8-10/h1-8H,9H2,(H,15,16). The molecule has 0 aliphatic rings. The molecule has 0 aliphatic heterocycles. The molecular formula is C13H11NO3. The smallest absolute Gasteiger partial charge is 0.335 e. The number of aromatic nitrogens is 1. The number of carboxylic acid groups (broad SMARTS) is 1. The van der Waals surface area contributed by atoms with Gasteiger partial charge in [-0.25, -0.2) is 4.79 Å². The van der Waals surface area contributed by atoms with Gasteiger partial charge in [-0.1, -0.05) is 12.1 Å². The molecule has 0 radical (unpaired) electrons. The fraction of sp³-hybridized carbons (Fsp3) is 0.0769. The van der Waals surface area contributed by atoms with Crippen molar-refractivity contribution >= 4 is 5.97 Å². The summed E-state index contributed by atoms with van der Waals surface area (Å²) in [6, 6.07) is 10.1. The molecule has 86 valence electrons. The summed E-state index contributed by atoms with van der Waals surface area (Å²) in [5, 5.41) is 8.83. The number of rotatable bonds is 4. The first-order valence-electron chi connectivity index (χ1n) is 5.11. The molecule has 17 heavy (non-hydrogen) atoms. The lowest BCUT2D eigenvalue weighted by atomic mass is 10.2. The Bertz CT molecular complexity index is 511. The lowest BCUT2D eigenvalue weighted by molar-refractivity contribution is 0.0696. The van der Waals surface area contributed by atoms with Gasteiger partial charge in [0.15, 0.2) is 0 Å². The first-order chi connectivity index (χ1) is 8.25. The molecule has 4 heteroatoms. The number of hydrogen-bond donors (Lipinski definition) is 1. The van der Waals surface area contributed by atoms with Crippen molar-refractivity contribution in [1.82, 2.24) is 4.98 Å². The molecule has 2 rings (SSSR count). The molecule has 0 amide bonds. The maximum atomic E-state index is 10.8. The van der Waals surface area contributed by atoms with Crippen LogP contribution in [0.4, 0.5) is 0 Å². The molecule has 1 N–H and O–H groups in total. The molecule has 2 aromatic rings. The molecule has 0 bridgehead atoms. The minimum atomic E-state index is -0.961. The van der Waals surface area contributed by atoms with Crippen molar-refractivity contribution in [2.45, 2.75) is 6.61 Å². The van der Waals surface area contributed by atoms with Gasteiger partial charge in [-0.2, -0.15) is 0 Å². The fourth-order valence-corrected chi connectivity index (χ4v) is 1.37. The van der Waals surface area contributed by atoms with Crippen LogP contribution in [0.1, 0.15) is 15.9 Å². The monoisotopic (exact) mass is 229 g/mol. The molecule has 1 aromatic carbocycles. The van der Waals surface area contributed by atoms with Gasteiger partial charge in [0.2, 0.25) is 0 Å². The van der Waals surface area contributed by atoms with Gasteiger partial charge in [-0.05, 0) is 24.3 Å². The van der Waals surface area contributed by atoms with E-state index in [1.807, 2.05) is 12.1 Å². The Hall–Kier alpha value is -2.36. The number of hydrogen-bond acceptors (Lipinski definition) is 3. The third kappa shape index (κ3) is 3.04. The zero-order valence-corrected chi connectivity index (χ0v) is 9.04. The average Bonchev–Trinajstić information content (AvgIpc) is 2.38. The molecule has 0 saturated carbocycles. The van der Waals surface area contributed by atoms with E-state index in [9.17, 15) is 4.79 Å². The predicted octanol–water partition coefficient (Wildman–Crippen LogP) is 2.36. The van der Waals surface area contributed by atoms with Crippen molar-refractivity contribution in [2.75, 3.05) is 0 Å². The Balaban J connectivity index is 2.04. The van der Waals surface area contributed by atoms with Crippen LogP contribution in [0.2, 0.25) is 0 Å². The summed E-state index contributed by atoms with van der Waals surface area (Å²) in [6.45, 7) is 0.372. The van der Waals surface area contributed by atoms with Gasteiger partial charge in [0.25, 0.3) is 0 Å². The van der Waals surface area contributed by atoms with Gasteiger partial charge in [0.05, 0.1) is 5.56 Å². The van der Waals surface area contributed by atoms with Crippen molar-refractivity contribution < 1.29 is 14.6 Å². The van der Waals surface area contributed by atoms with E-state index in [4.69, 9.17) is 9.84 Å². The molecule has 4 nitrogen and oxygen atoms in total. The van der Waals surface area contributed by atoms with Gasteiger partial charge in [-0.3, -0.25) is 4.98 Å². The largest absolute Gasteiger partial charge is 0.489 e. The Labute approximate surface area is 98.5 Å². The van der Waals surface area contributed by atoms with E-state index in [0.29, 0.717) is 12.4 Å². The molecule has 0 spiro atoms. The Morgan fingerprint density at radius 1 is 1.29 bits per heavy atom. The molecule has 0 fully saturated rings. The Kier molecular flexibility index (Phi) is 3.35. The summed E-state index contributed by atoms with van der Waals surface area (Å²) >= 11 is 0. The molecule has 0 unspecified atom stereocenters. The van der Waals surface area contributed by atoms with Crippen LogP contribution in [0.5, 0.6) is 5.75 Å². The summed E-state index contributed by atoms with van der Waals surface area (Å²) in [5.41, 5.74) is 1.15. The van der Waals surface area contributed by atoms with Crippen molar-refractivity contribution in [3.63, 3.8) is 0 Å². The summed E-state index contributed by atoms with van der Waals surface area (Å²) in [7, 11) is 0. The van der Waals surface area contributed by atoms with Crippen LogP contribution >= 0.6 is 0 Å². The second-order valence-electron chi connectivity index (χ2n) is 3.48. The number of carbonyl (C=O) groups is 1. The van der Waals surface area contributed by atoms with E-state index < -0.39 is 5.97 Å². The topological polar surface area (TPSA) is 59.4 Å². The van der Waals surface area contributed by atoms with Gasteiger partial charge >= 0.3 is 5.97 Å². The first kappa shape index (κ1) is 11.1. The minimum Gasteiger partial charge on any atom is -0.489 e. The lowest BCUT2D eigenvalue weighted by Gasteiger charge is -2.06. The van der Waals surface area contributed by atoms with Gasteiger partial charge in [0, 0.05) is 18.0 Å². The maximum Gasteiger partial charge on any atom is 0.335 e.